The van der Waals surface area contributed by atoms with Crippen LogP contribution in [0.4, 0.5) is 10.1 Å². The Bertz CT molecular complexity index is 569. The quantitative estimate of drug-likeness (QED) is 0.848. The van der Waals surface area contributed by atoms with Crippen LogP contribution in [0.25, 0.3) is 0 Å². The first-order chi connectivity index (χ1) is 9.70. The van der Waals surface area contributed by atoms with E-state index in [1.54, 1.807) is 6.07 Å². The molecule has 2 aromatic rings. The zero-order chi connectivity index (χ0) is 14.4. The van der Waals surface area contributed by atoms with Crippen LogP contribution in [-0.2, 0) is 17.9 Å². The molecule has 0 fully saturated rings. The standard InChI is InChI=1S/C17H20FNO/c1-3-20-12-15-6-4-5-7-17(15)19-11-14-8-9-16(18)10-13(14)2/h4-10,19H,3,11-12H2,1-2H3. The highest BCUT2D eigenvalue weighted by Crippen LogP contribution is 2.18. The van der Waals surface area contributed by atoms with Crippen molar-refractivity contribution in [1.82, 2.24) is 0 Å². The van der Waals surface area contributed by atoms with E-state index in [2.05, 4.69) is 11.4 Å². The second-order valence-electron chi connectivity index (χ2n) is 4.72. The molecule has 0 saturated carbocycles. The molecule has 2 aromatic carbocycles. The van der Waals surface area contributed by atoms with Crippen LogP contribution < -0.4 is 5.32 Å². The Morgan fingerprint density at radius 2 is 1.90 bits per heavy atom. The molecule has 0 spiro atoms. The van der Waals surface area contributed by atoms with Crippen molar-refractivity contribution in [2.75, 3.05) is 11.9 Å². The Hall–Kier alpha value is -1.87. The lowest BCUT2D eigenvalue weighted by atomic mass is 10.1. The number of anilines is 1. The minimum atomic E-state index is -0.192. The molecule has 0 amide bonds. The van der Waals surface area contributed by atoms with E-state index in [1.807, 2.05) is 38.1 Å². The lowest BCUT2D eigenvalue weighted by molar-refractivity contribution is 0.134. The minimum Gasteiger partial charge on any atom is -0.381 e. The van der Waals surface area contributed by atoms with Crippen LogP contribution in [0.5, 0.6) is 0 Å². The molecule has 0 aromatic heterocycles. The van der Waals surface area contributed by atoms with Crippen molar-refractivity contribution in [1.29, 1.82) is 0 Å². The molecule has 0 bridgehead atoms. The fourth-order valence-corrected chi connectivity index (χ4v) is 2.08. The minimum absolute atomic E-state index is 0.192. The lowest BCUT2D eigenvalue weighted by Gasteiger charge is -2.13. The Kier molecular flexibility index (Phi) is 5.13. The van der Waals surface area contributed by atoms with Gasteiger partial charge in [0.05, 0.1) is 6.61 Å². The van der Waals surface area contributed by atoms with Crippen molar-refractivity contribution >= 4 is 5.69 Å². The Morgan fingerprint density at radius 3 is 2.65 bits per heavy atom. The molecule has 20 heavy (non-hydrogen) atoms. The summed E-state index contributed by atoms with van der Waals surface area (Å²) in [5, 5.41) is 3.40. The number of para-hydroxylation sites is 1. The van der Waals surface area contributed by atoms with Gasteiger partial charge in [-0.3, -0.25) is 0 Å². The molecule has 2 rings (SSSR count). The molecule has 1 N–H and O–H groups in total. The van der Waals surface area contributed by atoms with Crippen molar-refractivity contribution in [2.45, 2.75) is 27.0 Å². The number of nitrogens with one attached hydrogen (secondary N) is 1. The van der Waals surface area contributed by atoms with Crippen molar-refractivity contribution in [3.63, 3.8) is 0 Å². The predicted octanol–water partition coefficient (Wildman–Crippen LogP) is 4.28. The third kappa shape index (κ3) is 3.81. The van der Waals surface area contributed by atoms with Crippen LogP contribution in [0.15, 0.2) is 42.5 Å². The van der Waals surface area contributed by atoms with E-state index in [-0.39, 0.29) is 5.82 Å². The molecule has 106 valence electrons. The second-order valence-corrected chi connectivity index (χ2v) is 4.72. The molecule has 3 heteroatoms. The van der Waals surface area contributed by atoms with E-state index in [1.165, 1.54) is 6.07 Å². The zero-order valence-electron chi connectivity index (χ0n) is 11.9. The van der Waals surface area contributed by atoms with Crippen LogP contribution in [0.2, 0.25) is 0 Å². The van der Waals surface area contributed by atoms with E-state index in [0.29, 0.717) is 19.8 Å². The molecule has 0 aliphatic rings. The summed E-state index contributed by atoms with van der Waals surface area (Å²) in [5.41, 5.74) is 4.25. The van der Waals surface area contributed by atoms with Crippen molar-refractivity contribution in [3.05, 3.63) is 65.0 Å². The summed E-state index contributed by atoms with van der Waals surface area (Å²) in [6, 6.07) is 13.0. The molecule has 0 radical (unpaired) electrons. The van der Waals surface area contributed by atoms with Gasteiger partial charge in [-0.15, -0.1) is 0 Å². The van der Waals surface area contributed by atoms with Gasteiger partial charge in [0, 0.05) is 24.4 Å². The molecular formula is C17H20FNO. The topological polar surface area (TPSA) is 21.3 Å². The van der Waals surface area contributed by atoms with E-state index in [9.17, 15) is 4.39 Å². The van der Waals surface area contributed by atoms with Gasteiger partial charge in [-0.2, -0.15) is 0 Å². The van der Waals surface area contributed by atoms with Crippen molar-refractivity contribution < 1.29 is 9.13 Å². The SMILES string of the molecule is CCOCc1ccccc1NCc1ccc(F)cc1C. The summed E-state index contributed by atoms with van der Waals surface area (Å²) in [6.45, 7) is 5.88. The average Bonchev–Trinajstić information content (AvgIpc) is 2.45. The zero-order valence-corrected chi connectivity index (χ0v) is 11.9. The summed E-state index contributed by atoms with van der Waals surface area (Å²) >= 11 is 0. The maximum Gasteiger partial charge on any atom is 0.123 e. The predicted molar refractivity (Wildman–Crippen MR) is 80.2 cm³/mol. The number of halogens is 1. The molecule has 0 atom stereocenters. The molecule has 0 unspecified atom stereocenters. The van der Waals surface area contributed by atoms with E-state index in [4.69, 9.17) is 4.74 Å². The second kappa shape index (κ2) is 7.06. The summed E-state index contributed by atoms with van der Waals surface area (Å²) in [4.78, 5) is 0. The third-order valence-corrected chi connectivity index (χ3v) is 3.25. The Labute approximate surface area is 119 Å². The highest BCUT2D eigenvalue weighted by molar-refractivity contribution is 5.51. The van der Waals surface area contributed by atoms with Gasteiger partial charge >= 0.3 is 0 Å². The first-order valence-electron chi connectivity index (χ1n) is 6.85. The third-order valence-electron chi connectivity index (χ3n) is 3.25. The lowest BCUT2D eigenvalue weighted by Crippen LogP contribution is -2.05. The smallest absolute Gasteiger partial charge is 0.123 e. The summed E-state index contributed by atoms with van der Waals surface area (Å²) in [6.07, 6.45) is 0. The van der Waals surface area contributed by atoms with Crippen LogP contribution in [-0.4, -0.2) is 6.61 Å². The average molecular weight is 273 g/mol. The number of benzene rings is 2. The van der Waals surface area contributed by atoms with Gasteiger partial charge in [-0.25, -0.2) is 4.39 Å². The molecule has 0 saturated heterocycles. The summed E-state index contributed by atoms with van der Waals surface area (Å²) in [7, 11) is 0. The highest BCUT2D eigenvalue weighted by atomic mass is 19.1. The maximum absolute atomic E-state index is 13.1. The highest BCUT2D eigenvalue weighted by Gasteiger charge is 2.03. The van der Waals surface area contributed by atoms with Gasteiger partial charge < -0.3 is 10.1 Å². The number of hydrogen-bond acceptors (Lipinski definition) is 2. The molecule has 2 nitrogen and oxygen atoms in total. The van der Waals surface area contributed by atoms with Crippen LogP contribution in [0.1, 0.15) is 23.6 Å². The number of hydrogen-bond donors (Lipinski definition) is 1. The Balaban J connectivity index is 2.06. The van der Waals surface area contributed by atoms with Gasteiger partial charge in [-0.1, -0.05) is 24.3 Å². The van der Waals surface area contributed by atoms with Crippen molar-refractivity contribution in [3.8, 4) is 0 Å². The fourth-order valence-electron chi connectivity index (χ4n) is 2.08. The van der Waals surface area contributed by atoms with Gasteiger partial charge in [0.1, 0.15) is 5.82 Å². The Morgan fingerprint density at radius 1 is 1.10 bits per heavy atom. The first-order valence-corrected chi connectivity index (χ1v) is 6.85. The van der Waals surface area contributed by atoms with Gasteiger partial charge in [0.2, 0.25) is 0 Å². The van der Waals surface area contributed by atoms with E-state index in [0.717, 1.165) is 22.4 Å². The number of rotatable bonds is 6. The normalized spacial score (nSPS) is 10.6. The molecule has 0 heterocycles. The first kappa shape index (κ1) is 14.5. The van der Waals surface area contributed by atoms with Crippen LogP contribution >= 0.6 is 0 Å². The van der Waals surface area contributed by atoms with E-state index >= 15 is 0 Å². The molecule has 0 aliphatic heterocycles. The monoisotopic (exact) mass is 273 g/mol. The number of aryl methyl sites for hydroxylation is 1. The van der Waals surface area contributed by atoms with Gasteiger partial charge in [0.15, 0.2) is 0 Å². The van der Waals surface area contributed by atoms with Crippen LogP contribution in [0, 0.1) is 12.7 Å². The van der Waals surface area contributed by atoms with Crippen molar-refractivity contribution in [2.24, 2.45) is 0 Å². The maximum atomic E-state index is 13.1. The van der Waals surface area contributed by atoms with Gasteiger partial charge in [0.25, 0.3) is 0 Å². The van der Waals surface area contributed by atoms with Gasteiger partial charge in [-0.05, 0) is 43.2 Å². The van der Waals surface area contributed by atoms with Crippen LogP contribution in [0.3, 0.4) is 0 Å². The fraction of sp³-hybridized carbons (Fsp3) is 0.294. The van der Waals surface area contributed by atoms with E-state index < -0.39 is 0 Å². The summed E-state index contributed by atoms with van der Waals surface area (Å²) in [5.74, 6) is -0.192. The largest absolute Gasteiger partial charge is 0.381 e. The number of ether oxygens (including phenoxy) is 1. The molecular weight excluding hydrogens is 253 g/mol. The molecule has 0 aliphatic carbocycles. The summed E-state index contributed by atoms with van der Waals surface area (Å²) < 4.78 is 18.5.